The van der Waals surface area contributed by atoms with Gasteiger partial charge in [0.25, 0.3) is 0 Å². The normalized spacial score (nSPS) is 10.3. The van der Waals surface area contributed by atoms with E-state index in [9.17, 15) is 4.79 Å². The molecule has 3 aromatic rings. The quantitative estimate of drug-likeness (QED) is 0.549. The van der Waals surface area contributed by atoms with Crippen molar-refractivity contribution in [1.29, 1.82) is 0 Å². The number of carbonyl (C=O) groups is 1. The van der Waals surface area contributed by atoms with Gasteiger partial charge in [0.05, 0.1) is 18.6 Å². The molecule has 0 aliphatic rings. The van der Waals surface area contributed by atoms with E-state index in [1.54, 1.807) is 7.11 Å². The van der Waals surface area contributed by atoms with Crippen LogP contribution >= 0.6 is 11.8 Å². The van der Waals surface area contributed by atoms with Gasteiger partial charge in [-0.3, -0.25) is 4.79 Å². The molecule has 1 amide bonds. The average molecular weight is 379 g/mol. The number of hydrogen-bond acceptors (Lipinski definition) is 4. The number of anilines is 1. The maximum atomic E-state index is 12.4. The molecule has 0 aliphatic carbocycles. The number of aryl methyl sites for hydroxylation is 1. The van der Waals surface area contributed by atoms with Gasteiger partial charge in [-0.15, -0.1) is 11.8 Å². The van der Waals surface area contributed by atoms with Gasteiger partial charge in [-0.2, -0.15) is 0 Å². The number of nitrogens with one attached hydrogen (secondary N) is 1. The predicted octanol–water partition coefficient (Wildman–Crippen LogP) is 5.53. The molecule has 0 saturated heterocycles. The summed E-state index contributed by atoms with van der Waals surface area (Å²) >= 11 is 1.43. The van der Waals surface area contributed by atoms with E-state index in [0.29, 0.717) is 11.4 Å². The molecular formula is C22H21NO3S. The zero-order valence-corrected chi connectivity index (χ0v) is 16.1. The van der Waals surface area contributed by atoms with Crippen LogP contribution in [0.25, 0.3) is 0 Å². The van der Waals surface area contributed by atoms with Crippen molar-refractivity contribution >= 4 is 23.4 Å². The molecule has 4 nitrogen and oxygen atoms in total. The van der Waals surface area contributed by atoms with Gasteiger partial charge in [0.2, 0.25) is 5.91 Å². The van der Waals surface area contributed by atoms with Crippen molar-refractivity contribution in [3.8, 4) is 17.2 Å². The van der Waals surface area contributed by atoms with E-state index >= 15 is 0 Å². The highest BCUT2D eigenvalue weighted by Gasteiger charge is 2.10. The smallest absolute Gasteiger partial charge is 0.234 e. The minimum Gasteiger partial charge on any atom is -0.496 e. The highest BCUT2D eigenvalue weighted by atomic mass is 32.2. The Bertz CT molecular complexity index is 909. The maximum Gasteiger partial charge on any atom is 0.234 e. The first-order valence-corrected chi connectivity index (χ1v) is 9.53. The lowest BCUT2D eigenvalue weighted by molar-refractivity contribution is -0.113. The lowest BCUT2D eigenvalue weighted by Gasteiger charge is -2.13. The van der Waals surface area contributed by atoms with Crippen molar-refractivity contribution in [2.45, 2.75) is 11.8 Å². The molecular weight excluding hydrogens is 358 g/mol. The number of para-hydroxylation sites is 3. The third-order valence-corrected chi connectivity index (χ3v) is 4.89. The van der Waals surface area contributed by atoms with Crippen LogP contribution in [0.2, 0.25) is 0 Å². The molecule has 0 radical (unpaired) electrons. The molecule has 0 aromatic heterocycles. The van der Waals surface area contributed by atoms with E-state index in [1.165, 1.54) is 11.8 Å². The fourth-order valence-corrected chi connectivity index (χ4v) is 3.29. The average Bonchev–Trinajstić information content (AvgIpc) is 2.70. The van der Waals surface area contributed by atoms with E-state index in [0.717, 1.165) is 22.0 Å². The molecule has 0 fully saturated rings. The van der Waals surface area contributed by atoms with Gasteiger partial charge >= 0.3 is 0 Å². The van der Waals surface area contributed by atoms with Gasteiger partial charge in [-0.05, 0) is 43.3 Å². The van der Waals surface area contributed by atoms with Crippen LogP contribution in [0.1, 0.15) is 5.56 Å². The van der Waals surface area contributed by atoms with E-state index in [1.807, 2.05) is 79.7 Å². The van der Waals surface area contributed by atoms with Crippen LogP contribution in [0, 0.1) is 6.92 Å². The van der Waals surface area contributed by atoms with Gasteiger partial charge in [-0.25, -0.2) is 0 Å². The number of thioether (sulfide) groups is 1. The summed E-state index contributed by atoms with van der Waals surface area (Å²) < 4.78 is 11.2. The van der Waals surface area contributed by atoms with Crippen molar-refractivity contribution in [2.24, 2.45) is 0 Å². The molecule has 3 aromatic carbocycles. The van der Waals surface area contributed by atoms with Gasteiger partial charge < -0.3 is 14.8 Å². The third-order valence-electron chi connectivity index (χ3n) is 3.84. The van der Waals surface area contributed by atoms with Gasteiger partial charge in [0.15, 0.2) is 5.75 Å². The molecule has 0 saturated carbocycles. The lowest BCUT2D eigenvalue weighted by Crippen LogP contribution is -2.14. The molecule has 0 heterocycles. The van der Waals surface area contributed by atoms with Crippen LogP contribution in [0.15, 0.2) is 77.7 Å². The fourth-order valence-electron chi connectivity index (χ4n) is 2.46. The van der Waals surface area contributed by atoms with E-state index in [4.69, 9.17) is 9.47 Å². The van der Waals surface area contributed by atoms with Crippen LogP contribution < -0.4 is 14.8 Å². The predicted molar refractivity (Wildman–Crippen MR) is 110 cm³/mol. The van der Waals surface area contributed by atoms with Crippen LogP contribution in [-0.2, 0) is 4.79 Å². The van der Waals surface area contributed by atoms with Crippen LogP contribution in [0.5, 0.6) is 17.2 Å². The molecule has 0 spiro atoms. The Kier molecular flexibility index (Phi) is 6.39. The Morgan fingerprint density at radius 3 is 2.33 bits per heavy atom. The molecule has 5 heteroatoms. The number of ether oxygens (including phenoxy) is 2. The molecule has 0 bridgehead atoms. The topological polar surface area (TPSA) is 47.6 Å². The van der Waals surface area contributed by atoms with Crippen LogP contribution in [0.3, 0.4) is 0 Å². The second-order valence-electron chi connectivity index (χ2n) is 5.90. The summed E-state index contributed by atoms with van der Waals surface area (Å²) in [6, 6.07) is 22.8. The number of benzene rings is 3. The van der Waals surface area contributed by atoms with Crippen molar-refractivity contribution in [2.75, 3.05) is 18.2 Å². The zero-order chi connectivity index (χ0) is 19.1. The van der Waals surface area contributed by atoms with Crippen LogP contribution in [-0.4, -0.2) is 18.8 Å². The van der Waals surface area contributed by atoms with Crippen molar-refractivity contribution < 1.29 is 14.3 Å². The first kappa shape index (κ1) is 18.9. The number of rotatable bonds is 7. The summed E-state index contributed by atoms with van der Waals surface area (Å²) in [6.07, 6.45) is 0. The van der Waals surface area contributed by atoms with Crippen molar-refractivity contribution in [1.82, 2.24) is 0 Å². The monoisotopic (exact) mass is 379 g/mol. The molecule has 27 heavy (non-hydrogen) atoms. The largest absolute Gasteiger partial charge is 0.496 e. The standard InChI is InChI=1S/C22H21NO3S/c1-16-11-13-17(14-12-16)26-19-8-4-3-7-18(19)23-22(24)15-27-21-10-6-5-9-20(21)25-2/h3-14H,15H2,1-2H3,(H,23,24). The SMILES string of the molecule is COc1ccccc1SCC(=O)Nc1ccccc1Oc1ccc(C)cc1. The fraction of sp³-hybridized carbons (Fsp3) is 0.136. The minimum absolute atomic E-state index is 0.106. The highest BCUT2D eigenvalue weighted by Crippen LogP contribution is 2.31. The van der Waals surface area contributed by atoms with Crippen molar-refractivity contribution in [3.63, 3.8) is 0 Å². The van der Waals surface area contributed by atoms with E-state index < -0.39 is 0 Å². The summed E-state index contributed by atoms with van der Waals surface area (Å²) in [7, 11) is 1.62. The van der Waals surface area contributed by atoms with Gasteiger partial charge in [0, 0.05) is 4.90 Å². The summed E-state index contributed by atoms with van der Waals surface area (Å²) in [5, 5.41) is 2.92. The molecule has 3 rings (SSSR count). The number of methoxy groups -OCH3 is 1. The maximum absolute atomic E-state index is 12.4. The summed E-state index contributed by atoms with van der Waals surface area (Å²) in [5.74, 6) is 2.27. The zero-order valence-electron chi connectivity index (χ0n) is 15.3. The Morgan fingerprint density at radius 2 is 1.59 bits per heavy atom. The summed E-state index contributed by atoms with van der Waals surface area (Å²) in [5.41, 5.74) is 1.81. The number of hydrogen-bond donors (Lipinski definition) is 1. The second kappa shape index (κ2) is 9.14. The molecule has 138 valence electrons. The minimum atomic E-state index is -0.106. The van der Waals surface area contributed by atoms with Crippen molar-refractivity contribution in [3.05, 3.63) is 78.4 Å². The van der Waals surface area contributed by atoms with E-state index in [2.05, 4.69) is 5.32 Å². The van der Waals surface area contributed by atoms with Crippen LogP contribution in [0.4, 0.5) is 5.69 Å². The molecule has 1 N–H and O–H groups in total. The lowest BCUT2D eigenvalue weighted by atomic mass is 10.2. The molecule has 0 aliphatic heterocycles. The Labute approximate surface area is 163 Å². The Hall–Kier alpha value is -2.92. The first-order chi connectivity index (χ1) is 13.2. The Balaban J connectivity index is 1.65. The molecule has 0 atom stereocenters. The summed E-state index contributed by atoms with van der Waals surface area (Å²) in [6.45, 7) is 2.03. The number of amides is 1. The van der Waals surface area contributed by atoms with Gasteiger partial charge in [-0.1, -0.05) is 42.0 Å². The Morgan fingerprint density at radius 1 is 0.926 bits per heavy atom. The number of carbonyl (C=O) groups excluding carboxylic acids is 1. The first-order valence-electron chi connectivity index (χ1n) is 8.55. The molecule has 0 unspecified atom stereocenters. The third kappa shape index (κ3) is 5.28. The summed E-state index contributed by atoms with van der Waals surface area (Å²) in [4.78, 5) is 13.3. The van der Waals surface area contributed by atoms with E-state index in [-0.39, 0.29) is 11.7 Å². The second-order valence-corrected chi connectivity index (χ2v) is 6.92. The highest BCUT2D eigenvalue weighted by molar-refractivity contribution is 8.00. The van der Waals surface area contributed by atoms with Gasteiger partial charge in [0.1, 0.15) is 11.5 Å².